The lowest BCUT2D eigenvalue weighted by atomic mass is 10.2. The highest BCUT2D eigenvalue weighted by molar-refractivity contribution is 7.92. The number of nitrogens with zero attached hydrogens (tertiary/aromatic N) is 2. The van der Waals surface area contributed by atoms with Crippen molar-refractivity contribution in [1.29, 1.82) is 0 Å². The molecule has 0 aliphatic heterocycles. The minimum atomic E-state index is -3.45. The van der Waals surface area contributed by atoms with Gasteiger partial charge in [0.1, 0.15) is 12.3 Å². The summed E-state index contributed by atoms with van der Waals surface area (Å²) in [6, 6.07) is 10.8. The standard InChI is InChI=1S/C18H17N3O5S/c1-12-6-7-16-19-15(9-17(22)21(16)10-12)11-26-18(23)13-4-3-5-14(8-13)20-27(2,24)25/h3-10,20H,11H2,1-2H3. The van der Waals surface area contributed by atoms with E-state index in [0.717, 1.165) is 11.8 Å². The number of esters is 1. The predicted molar refractivity (Wildman–Crippen MR) is 100 cm³/mol. The molecule has 0 aliphatic carbocycles. The van der Waals surface area contributed by atoms with Gasteiger partial charge in [0, 0.05) is 18.0 Å². The molecule has 0 saturated heterocycles. The van der Waals surface area contributed by atoms with E-state index in [0.29, 0.717) is 11.3 Å². The molecule has 0 atom stereocenters. The number of rotatable bonds is 5. The van der Waals surface area contributed by atoms with Gasteiger partial charge in [-0.15, -0.1) is 0 Å². The first-order chi connectivity index (χ1) is 12.7. The first kappa shape index (κ1) is 18.6. The number of fused-ring (bicyclic) bond motifs is 1. The molecule has 0 radical (unpaired) electrons. The topological polar surface area (TPSA) is 107 Å². The van der Waals surface area contributed by atoms with Gasteiger partial charge in [0.2, 0.25) is 10.0 Å². The second kappa shape index (κ2) is 7.20. The van der Waals surface area contributed by atoms with Crippen molar-refractivity contribution in [3.63, 3.8) is 0 Å². The molecule has 0 unspecified atom stereocenters. The summed E-state index contributed by atoms with van der Waals surface area (Å²) in [4.78, 5) is 28.7. The van der Waals surface area contributed by atoms with E-state index in [-0.39, 0.29) is 23.4 Å². The lowest BCUT2D eigenvalue weighted by Gasteiger charge is -2.08. The van der Waals surface area contributed by atoms with Crippen LogP contribution in [0.15, 0.2) is 53.5 Å². The maximum Gasteiger partial charge on any atom is 0.338 e. The Bertz CT molecular complexity index is 1190. The van der Waals surface area contributed by atoms with E-state index in [1.165, 1.54) is 34.7 Å². The normalized spacial score (nSPS) is 11.3. The summed E-state index contributed by atoms with van der Waals surface area (Å²) in [6.07, 6.45) is 2.70. The second-order valence-electron chi connectivity index (χ2n) is 6.05. The van der Waals surface area contributed by atoms with Gasteiger partial charge < -0.3 is 4.74 Å². The van der Waals surface area contributed by atoms with Crippen molar-refractivity contribution in [2.24, 2.45) is 0 Å². The van der Waals surface area contributed by atoms with Gasteiger partial charge in [-0.25, -0.2) is 18.2 Å². The minimum absolute atomic E-state index is 0.178. The number of pyridine rings is 1. The van der Waals surface area contributed by atoms with Crippen molar-refractivity contribution in [2.75, 3.05) is 11.0 Å². The molecule has 3 aromatic rings. The molecule has 0 aliphatic rings. The molecule has 0 amide bonds. The SMILES string of the molecule is Cc1ccc2nc(COC(=O)c3cccc(NS(C)(=O)=O)c3)cc(=O)n2c1. The van der Waals surface area contributed by atoms with Gasteiger partial charge >= 0.3 is 5.97 Å². The Balaban J connectivity index is 1.76. The van der Waals surface area contributed by atoms with Crippen molar-refractivity contribution in [3.8, 4) is 0 Å². The van der Waals surface area contributed by atoms with Crippen molar-refractivity contribution in [1.82, 2.24) is 9.38 Å². The van der Waals surface area contributed by atoms with Crippen LogP contribution in [0, 0.1) is 6.92 Å². The average molecular weight is 387 g/mol. The highest BCUT2D eigenvalue weighted by atomic mass is 32.2. The lowest BCUT2D eigenvalue weighted by Crippen LogP contribution is -2.17. The summed E-state index contributed by atoms with van der Waals surface area (Å²) in [5, 5.41) is 0. The largest absolute Gasteiger partial charge is 0.456 e. The van der Waals surface area contributed by atoms with Crippen LogP contribution in [-0.4, -0.2) is 30.0 Å². The van der Waals surface area contributed by atoms with Crippen molar-refractivity contribution in [2.45, 2.75) is 13.5 Å². The van der Waals surface area contributed by atoms with Crippen molar-refractivity contribution in [3.05, 3.63) is 75.8 Å². The number of hydrogen-bond acceptors (Lipinski definition) is 6. The Morgan fingerprint density at radius 1 is 1.22 bits per heavy atom. The Kier molecular flexibility index (Phi) is 4.95. The molecule has 1 aromatic carbocycles. The fraction of sp³-hybridized carbons (Fsp3) is 0.167. The number of anilines is 1. The molecular formula is C18H17N3O5S. The number of nitrogens with one attached hydrogen (secondary N) is 1. The third-order valence-corrected chi connectivity index (χ3v) is 4.22. The van der Waals surface area contributed by atoms with Gasteiger partial charge in [0.15, 0.2) is 0 Å². The van der Waals surface area contributed by atoms with E-state index >= 15 is 0 Å². The van der Waals surface area contributed by atoms with E-state index in [1.54, 1.807) is 12.3 Å². The van der Waals surface area contributed by atoms with E-state index < -0.39 is 16.0 Å². The smallest absolute Gasteiger partial charge is 0.338 e. The number of carbonyl (C=O) groups is 1. The van der Waals surface area contributed by atoms with Crippen LogP contribution >= 0.6 is 0 Å². The van der Waals surface area contributed by atoms with Gasteiger partial charge in [-0.1, -0.05) is 12.1 Å². The molecule has 3 rings (SSSR count). The third-order valence-electron chi connectivity index (χ3n) is 3.61. The van der Waals surface area contributed by atoms with E-state index in [1.807, 2.05) is 13.0 Å². The molecule has 8 nitrogen and oxygen atoms in total. The van der Waals surface area contributed by atoms with Crippen LogP contribution in [0.1, 0.15) is 21.6 Å². The van der Waals surface area contributed by atoms with Gasteiger partial charge in [-0.2, -0.15) is 0 Å². The average Bonchev–Trinajstić information content (AvgIpc) is 2.59. The number of ether oxygens (including phenoxy) is 1. The number of carbonyl (C=O) groups excluding carboxylic acids is 1. The molecule has 140 valence electrons. The number of aromatic nitrogens is 2. The van der Waals surface area contributed by atoms with Crippen LogP contribution in [0.2, 0.25) is 0 Å². The zero-order chi connectivity index (χ0) is 19.6. The minimum Gasteiger partial charge on any atom is -0.456 e. The molecule has 0 bridgehead atoms. The van der Waals surface area contributed by atoms with Crippen molar-refractivity contribution < 1.29 is 17.9 Å². The summed E-state index contributed by atoms with van der Waals surface area (Å²) >= 11 is 0. The molecule has 2 heterocycles. The van der Waals surface area contributed by atoms with Crippen LogP contribution < -0.4 is 10.3 Å². The Morgan fingerprint density at radius 3 is 2.74 bits per heavy atom. The fourth-order valence-corrected chi connectivity index (χ4v) is 3.03. The van der Waals surface area contributed by atoms with Crippen LogP contribution in [0.3, 0.4) is 0 Å². The molecule has 0 saturated carbocycles. The van der Waals surface area contributed by atoms with Crippen LogP contribution in [-0.2, 0) is 21.4 Å². The number of sulfonamides is 1. The maximum atomic E-state index is 12.2. The fourth-order valence-electron chi connectivity index (χ4n) is 2.48. The summed E-state index contributed by atoms with van der Waals surface area (Å²) in [5.74, 6) is -0.655. The Hall–Kier alpha value is -3.20. The summed E-state index contributed by atoms with van der Waals surface area (Å²) in [7, 11) is -3.45. The summed E-state index contributed by atoms with van der Waals surface area (Å²) in [6.45, 7) is 1.69. The maximum absolute atomic E-state index is 12.2. The number of hydrogen-bond donors (Lipinski definition) is 1. The van der Waals surface area contributed by atoms with E-state index in [9.17, 15) is 18.0 Å². The second-order valence-corrected chi connectivity index (χ2v) is 7.80. The predicted octanol–water partition coefficient (Wildman–Crippen LogP) is 1.73. The number of aryl methyl sites for hydroxylation is 1. The van der Waals surface area contributed by atoms with E-state index in [2.05, 4.69) is 9.71 Å². The molecule has 1 N–H and O–H groups in total. The molecular weight excluding hydrogens is 370 g/mol. The number of benzene rings is 1. The monoisotopic (exact) mass is 387 g/mol. The molecule has 27 heavy (non-hydrogen) atoms. The van der Waals surface area contributed by atoms with Gasteiger partial charge in [0.05, 0.1) is 17.5 Å². The quantitative estimate of drug-likeness (QED) is 0.668. The van der Waals surface area contributed by atoms with Gasteiger partial charge in [-0.3, -0.25) is 13.9 Å². The molecule has 9 heteroatoms. The highest BCUT2D eigenvalue weighted by Gasteiger charge is 2.11. The van der Waals surface area contributed by atoms with Crippen LogP contribution in [0.4, 0.5) is 5.69 Å². The van der Waals surface area contributed by atoms with Crippen LogP contribution in [0.25, 0.3) is 5.65 Å². The zero-order valence-electron chi connectivity index (χ0n) is 14.7. The molecule has 2 aromatic heterocycles. The first-order valence-electron chi connectivity index (χ1n) is 7.95. The summed E-state index contributed by atoms with van der Waals surface area (Å²) < 4.78 is 31.5. The Morgan fingerprint density at radius 2 is 2.00 bits per heavy atom. The highest BCUT2D eigenvalue weighted by Crippen LogP contribution is 2.13. The van der Waals surface area contributed by atoms with Gasteiger partial charge in [0.25, 0.3) is 5.56 Å². The van der Waals surface area contributed by atoms with E-state index in [4.69, 9.17) is 4.74 Å². The lowest BCUT2D eigenvalue weighted by molar-refractivity contribution is 0.0467. The van der Waals surface area contributed by atoms with Gasteiger partial charge in [-0.05, 0) is 36.8 Å². The van der Waals surface area contributed by atoms with Crippen molar-refractivity contribution >= 4 is 27.3 Å². The van der Waals surface area contributed by atoms with Crippen LogP contribution in [0.5, 0.6) is 0 Å². The molecule has 0 fully saturated rings. The third kappa shape index (κ3) is 4.70. The first-order valence-corrected chi connectivity index (χ1v) is 9.84. The summed E-state index contributed by atoms with van der Waals surface area (Å²) in [5.41, 5.74) is 1.87. The zero-order valence-corrected chi connectivity index (χ0v) is 15.5. The molecule has 0 spiro atoms. The Labute approximate surface area is 155 Å².